The van der Waals surface area contributed by atoms with E-state index in [1.165, 1.54) is 147 Å². The molecule has 0 spiro atoms. The predicted molar refractivity (Wildman–Crippen MR) is 220 cm³/mol. The van der Waals surface area contributed by atoms with Gasteiger partial charge in [0.05, 0.1) is 5.57 Å². The lowest BCUT2D eigenvalue weighted by molar-refractivity contribution is 0.368. The Bertz CT molecular complexity index is 1310. The van der Waals surface area contributed by atoms with Crippen LogP contribution in [0.5, 0.6) is 0 Å². The maximum atomic E-state index is 9.49. The van der Waals surface area contributed by atoms with Gasteiger partial charge in [0.1, 0.15) is 23.8 Å². The van der Waals surface area contributed by atoms with Gasteiger partial charge >= 0.3 is 0 Å². The minimum atomic E-state index is -0.159. The van der Waals surface area contributed by atoms with Crippen molar-refractivity contribution in [3.63, 3.8) is 0 Å². The maximum Gasteiger partial charge on any atom is 0.148 e. The van der Waals surface area contributed by atoms with E-state index in [1.807, 2.05) is 30.3 Å². The maximum absolute atomic E-state index is 9.49. The van der Waals surface area contributed by atoms with Gasteiger partial charge in [-0.3, -0.25) is 0 Å². The lowest BCUT2D eigenvalue weighted by Gasteiger charge is -2.33. The van der Waals surface area contributed by atoms with Gasteiger partial charge in [-0.1, -0.05) is 179 Å². The summed E-state index contributed by atoms with van der Waals surface area (Å²) in [5.74, 6) is 1.49. The highest BCUT2D eigenvalue weighted by molar-refractivity contribution is 5.84. The van der Waals surface area contributed by atoms with Crippen molar-refractivity contribution in [3.05, 3.63) is 70.8 Å². The molecular weight excluding hydrogens is 621 g/mol. The first kappa shape index (κ1) is 43.4. The third-order valence-electron chi connectivity index (χ3n) is 10.3. The molecule has 0 atom stereocenters. The summed E-state index contributed by atoms with van der Waals surface area (Å²) in [6, 6.07) is 22.3. The summed E-state index contributed by atoms with van der Waals surface area (Å²) < 4.78 is 0. The van der Waals surface area contributed by atoms with Gasteiger partial charge in [0.25, 0.3) is 0 Å². The minimum Gasteiger partial charge on any atom is -0.371 e. The summed E-state index contributed by atoms with van der Waals surface area (Å²) in [5, 5.41) is 27.9. The summed E-state index contributed by atoms with van der Waals surface area (Å²) in [6.07, 6.45) is 31.0. The van der Waals surface area contributed by atoms with E-state index in [-0.39, 0.29) is 11.1 Å². The zero-order valence-electron chi connectivity index (χ0n) is 32.8. The topological polar surface area (TPSA) is 74.6 Å². The molecule has 2 aromatic rings. The van der Waals surface area contributed by atoms with Crippen LogP contribution in [0.1, 0.15) is 173 Å². The molecular formula is C47H68N4. The van der Waals surface area contributed by atoms with E-state index in [1.54, 1.807) is 12.1 Å². The van der Waals surface area contributed by atoms with Crippen molar-refractivity contribution in [1.82, 2.24) is 0 Å². The highest BCUT2D eigenvalue weighted by Crippen LogP contribution is 2.28. The van der Waals surface area contributed by atoms with Crippen LogP contribution >= 0.6 is 0 Å². The minimum absolute atomic E-state index is 0.115. The lowest BCUT2D eigenvalue weighted by Crippen LogP contribution is -2.34. The van der Waals surface area contributed by atoms with Gasteiger partial charge < -0.3 is 4.90 Å². The van der Waals surface area contributed by atoms with E-state index in [4.69, 9.17) is 0 Å². The number of nitrogens with zero attached hydrogens (tertiary/aromatic N) is 4. The largest absolute Gasteiger partial charge is 0.371 e. The molecule has 4 heteroatoms. The monoisotopic (exact) mass is 689 g/mol. The Morgan fingerprint density at radius 1 is 0.510 bits per heavy atom. The zero-order chi connectivity index (χ0) is 36.9. The van der Waals surface area contributed by atoms with E-state index in [9.17, 15) is 15.8 Å². The van der Waals surface area contributed by atoms with Crippen LogP contribution in [0, 0.1) is 45.8 Å². The van der Waals surface area contributed by atoms with Crippen molar-refractivity contribution >= 4 is 23.4 Å². The molecule has 4 nitrogen and oxygen atoms in total. The SMILES string of the molecule is CCCCCCC(CCCCCC)CN(CC(CCCCCC)CCCCCC)c1ccc(/C=C/c2ccc(C(C#N)=C(C#N)C#N)cc2)cc1. The average Bonchev–Trinajstić information content (AvgIpc) is 3.16. The number of rotatable bonds is 28. The van der Waals surface area contributed by atoms with Crippen molar-refractivity contribution in [2.75, 3.05) is 18.0 Å². The van der Waals surface area contributed by atoms with Gasteiger partial charge in [0, 0.05) is 18.8 Å². The molecule has 0 aliphatic rings. The first-order valence-electron chi connectivity index (χ1n) is 20.6. The van der Waals surface area contributed by atoms with Gasteiger partial charge in [0.15, 0.2) is 0 Å². The molecule has 2 aromatic carbocycles. The molecule has 51 heavy (non-hydrogen) atoms. The van der Waals surface area contributed by atoms with E-state index >= 15 is 0 Å². The van der Waals surface area contributed by atoms with Gasteiger partial charge in [-0.2, -0.15) is 15.8 Å². The molecule has 0 saturated heterocycles. The number of allylic oxidation sites excluding steroid dienone is 2. The number of benzene rings is 2. The van der Waals surface area contributed by atoms with Crippen molar-refractivity contribution in [2.45, 2.75) is 156 Å². The second-order valence-electron chi connectivity index (χ2n) is 14.7. The van der Waals surface area contributed by atoms with Crippen LogP contribution in [0.15, 0.2) is 54.1 Å². The van der Waals surface area contributed by atoms with Gasteiger partial charge in [-0.05, 0) is 66.3 Å². The predicted octanol–water partition coefficient (Wildman–Crippen LogP) is 14.1. The van der Waals surface area contributed by atoms with Crippen LogP contribution in [0.25, 0.3) is 17.7 Å². The molecule has 0 fully saturated rings. The Balaban J connectivity index is 2.31. The van der Waals surface area contributed by atoms with E-state index in [2.05, 4.69) is 69.0 Å². The van der Waals surface area contributed by atoms with Crippen LogP contribution in [0.3, 0.4) is 0 Å². The lowest BCUT2D eigenvalue weighted by atomic mass is 9.91. The summed E-state index contributed by atoms with van der Waals surface area (Å²) >= 11 is 0. The molecule has 0 radical (unpaired) electrons. The molecule has 0 amide bonds. The molecule has 2 rings (SSSR count). The summed E-state index contributed by atoms with van der Waals surface area (Å²) in [6.45, 7) is 11.6. The molecule has 0 saturated carbocycles. The number of anilines is 1. The third kappa shape index (κ3) is 17.8. The second kappa shape index (κ2) is 27.9. The molecule has 0 aromatic heterocycles. The highest BCUT2D eigenvalue weighted by Gasteiger charge is 2.19. The third-order valence-corrected chi connectivity index (χ3v) is 10.3. The normalized spacial score (nSPS) is 11.1. The van der Waals surface area contributed by atoms with Crippen LogP contribution in [0.2, 0.25) is 0 Å². The van der Waals surface area contributed by atoms with Gasteiger partial charge in [0.2, 0.25) is 0 Å². The Labute approximate surface area is 313 Å². The molecule has 0 bridgehead atoms. The molecule has 0 aliphatic carbocycles. The molecule has 0 N–H and O–H groups in total. The van der Waals surface area contributed by atoms with Gasteiger partial charge in [-0.25, -0.2) is 0 Å². The Morgan fingerprint density at radius 3 is 1.22 bits per heavy atom. The van der Waals surface area contributed by atoms with Crippen LogP contribution in [-0.4, -0.2) is 13.1 Å². The number of hydrogen-bond donors (Lipinski definition) is 0. The van der Waals surface area contributed by atoms with Crippen molar-refractivity contribution in [2.24, 2.45) is 11.8 Å². The number of nitriles is 3. The standard InChI is InChI=1S/C47H68N4/c1-5-9-13-17-21-42(22-18-14-10-6-2)38-51(39-43(23-19-15-11-7-3)24-20-16-12-8-4)46-33-29-41(30-34-46)26-25-40-27-31-44(32-28-40)47(37-50)45(35-48)36-49/h25-34,42-43H,5-24,38-39H2,1-4H3/b26-25+. The number of unbranched alkanes of at least 4 members (excludes halogenated alkanes) is 12. The van der Waals surface area contributed by atoms with E-state index in [0.717, 1.165) is 23.0 Å². The van der Waals surface area contributed by atoms with Crippen LogP contribution < -0.4 is 4.90 Å². The van der Waals surface area contributed by atoms with E-state index in [0.29, 0.717) is 5.56 Å². The Kier molecular flexibility index (Phi) is 23.7. The fourth-order valence-corrected chi connectivity index (χ4v) is 7.15. The second-order valence-corrected chi connectivity index (χ2v) is 14.7. The fourth-order valence-electron chi connectivity index (χ4n) is 7.15. The Hall–Kier alpha value is -3.81. The molecule has 0 unspecified atom stereocenters. The van der Waals surface area contributed by atoms with Crippen molar-refractivity contribution in [1.29, 1.82) is 15.8 Å². The molecule has 0 aliphatic heterocycles. The molecule has 0 heterocycles. The zero-order valence-corrected chi connectivity index (χ0v) is 32.8. The van der Waals surface area contributed by atoms with Crippen LogP contribution in [0.4, 0.5) is 5.69 Å². The highest BCUT2D eigenvalue weighted by atomic mass is 15.1. The Morgan fingerprint density at radius 2 is 0.882 bits per heavy atom. The van der Waals surface area contributed by atoms with Crippen molar-refractivity contribution in [3.8, 4) is 18.2 Å². The van der Waals surface area contributed by atoms with Crippen LogP contribution in [-0.2, 0) is 0 Å². The van der Waals surface area contributed by atoms with E-state index < -0.39 is 0 Å². The fraction of sp³-hybridized carbons (Fsp3) is 0.596. The average molecular weight is 689 g/mol. The first-order chi connectivity index (χ1) is 25.0. The summed E-state index contributed by atoms with van der Waals surface area (Å²) in [5.41, 5.74) is 4.05. The smallest absolute Gasteiger partial charge is 0.148 e. The number of hydrogen-bond acceptors (Lipinski definition) is 4. The summed E-state index contributed by atoms with van der Waals surface area (Å²) in [7, 11) is 0. The van der Waals surface area contributed by atoms with Gasteiger partial charge in [-0.15, -0.1) is 0 Å². The first-order valence-corrected chi connectivity index (χ1v) is 20.6. The summed E-state index contributed by atoms with van der Waals surface area (Å²) in [4.78, 5) is 2.78. The quantitative estimate of drug-likeness (QED) is 0.0506. The van der Waals surface area contributed by atoms with Crippen molar-refractivity contribution < 1.29 is 0 Å². The molecule has 276 valence electrons.